The van der Waals surface area contributed by atoms with Crippen LogP contribution in [-0.4, -0.2) is 20.6 Å². The van der Waals surface area contributed by atoms with E-state index in [1.807, 2.05) is 6.92 Å². The molecular formula is C14H14N2O4. The van der Waals surface area contributed by atoms with E-state index in [-0.39, 0.29) is 11.1 Å². The van der Waals surface area contributed by atoms with Crippen molar-refractivity contribution < 1.29 is 9.90 Å². The molecule has 0 bridgehead atoms. The van der Waals surface area contributed by atoms with Gasteiger partial charge < -0.3 is 10.1 Å². The molecule has 2 N–H and O–H groups in total. The molecule has 1 fully saturated rings. The van der Waals surface area contributed by atoms with Gasteiger partial charge in [0.1, 0.15) is 0 Å². The fourth-order valence-electron chi connectivity index (χ4n) is 2.80. The first-order valence-electron chi connectivity index (χ1n) is 6.45. The van der Waals surface area contributed by atoms with Crippen LogP contribution < -0.4 is 11.1 Å². The van der Waals surface area contributed by atoms with Crippen LogP contribution in [0.4, 0.5) is 0 Å². The summed E-state index contributed by atoms with van der Waals surface area (Å²) < 4.78 is 1.51. The number of hydrogen-bond donors (Lipinski definition) is 2. The fourth-order valence-corrected chi connectivity index (χ4v) is 2.80. The molecule has 6 heteroatoms. The molecular weight excluding hydrogens is 260 g/mol. The van der Waals surface area contributed by atoms with Crippen molar-refractivity contribution in [3.05, 3.63) is 44.5 Å². The van der Waals surface area contributed by atoms with Gasteiger partial charge in [0.15, 0.2) is 0 Å². The third-order valence-electron chi connectivity index (χ3n) is 4.10. The van der Waals surface area contributed by atoms with Crippen LogP contribution in [0.25, 0.3) is 11.0 Å². The van der Waals surface area contributed by atoms with E-state index in [0.29, 0.717) is 11.0 Å². The third-order valence-corrected chi connectivity index (χ3v) is 4.10. The number of nitrogens with zero attached hydrogens (tertiary/aromatic N) is 1. The summed E-state index contributed by atoms with van der Waals surface area (Å²) >= 11 is 0. The van der Waals surface area contributed by atoms with Crippen molar-refractivity contribution in [2.24, 2.45) is 0 Å². The molecule has 0 aliphatic heterocycles. The standard InChI is InChI=1S/C14H14N2O4/c1-14(5-2-6-14)16-10-4-3-8(13(19)20)7-9(10)15-11(17)12(16)18/h3-4,7H,2,5-6H2,1H3,(H,15,17)(H,19,20). The summed E-state index contributed by atoms with van der Waals surface area (Å²) in [6, 6.07) is 4.41. The number of fused-ring (bicyclic) bond motifs is 1. The molecule has 6 nitrogen and oxygen atoms in total. The van der Waals surface area contributed by atoms with E-state index in [9.17, 15) is 14.4 Å². The molecule has 0 atom stereocenters. The maximum atomic E-state index is 12.1. The Morgan fingerprint density at radius 1 is 1.35 bits per heavy atom. The largest absolute Gasteiger partial charge is 0.478 e. The Morgan fingerprint density at radius 3 is 2.60 bits per heavy atom. The second-order valence-corrected chi connectivity index (χ2v) is 5.48. The van der Waals surface area contributed by atoms with Gasteiger partial charge in [0.05, 0.1) is 16.6 Å². The van der Waals surface area contributed by atoms with Gasteiger partial charge >= 0.3 is 17.1 Å². The number of aromatic nitrogens is 2. The minimum absolute atomic E-state index is 0.0807. The Balaban J connectivity index is 2.38. The summed E-state index contributed by atoms with van der Waals surface area (Å²) in [5.41, 5.74) is -0.619. The number of H-pyrrole nitrogens is 1. The number of aromatic carboxylic acids is 1. The van der Waals surface area contributed by atoms with Crippen LogP contribution >= 0.6 is 0 Å². The Labute approximate surface area is 113 Å². The highest BCUT2D eigenvalue weighted by Gasteiger charge is 2.36. The molecule has 0 amide bonds. The fraction of sp³-hybridized carbons (Fsp3) is 0.357. The van der Waals surface area contributed by atoms with Gasteiger partial charge in [0.25, 0.3) is 0 Å². The molecule has 0 spiro atoms. The minimum Gasteiger partial charge on any atom is -0.478 e. The van der Waals surface area contributed by atoms with Gasteiger partial charge in [-0.1, -0.05) is 0 Å². The van der Waals surface area contributed by atoms with Gasteiger partial charge in [-0.05, 0) is 44.4 Å². The number of nitrogens with one attached hydrogen (secondary N) is 1. The van der Waals surface area contributed by atoms with E-state index >= 15 is 0 Å². The summed E-state index contributed by atoms with van der Waals surface area (Å²) in [7, 11) is 0. The van der Waals surface area contributed by atoms with Crippen LogP contribution in [0, 0.1) is 0 Å². The predicted octanol–water partition coefficient (Wildman–Crippen LogP) is 1.29. The minimum atomic E-state index is -1.07. The molecule has 20 heavy (non-hydrogen) atoms. The zero-order valence-corrected chi connectivity index (χ0v) is 11.0. The van der Waals surface area contributed by atoms with E-state index in [2.05, 4.69) is 4.98 Å². The molecule has 2 aromatic rings. The van der Waals surface area contributed by atoms with Crippen molar-refractivity contribution in [2.75, 3.05) is 0 Å². The van der Waals surface area contributed by atoms with Gasteiger partial charge in [-0.3, -0.25) is 14.2 Å². The maximum Gasteiger partial charge on any atom is 0.335 e. The predicted molar refractivity (Wildman–Crippen MR) is 73.3 cm³/mol. The van der Waals surface area contributed by atoms with E-state index in [4.69, 9.17) is 5.11 Å². The molecule has 1 heterocycles. The summed E-state index contributed by atoms with van der Waals surface area (Å²) in [6.07, 6.45) is 2.70. The number of carboxylic acids is 1. The lowest BCUT2D eigenvalue weighted by Crippen LogP contribution is -2.49. The highest BCUT2D eigenvalue weighted by atomic mass is 16.4. The van der Waals surface area contributed by atoms with E-state index < -0.39 is 17.1 Å². The van der Waals surface area contributed by atoms with E-state index in [1.54, 1.807) is 6.07 Å². The molecule has 0 unspecified atom stereocenters. The first kappa shape index (κ1) is 12.7. The normalized spacial score (nSPS) is 16.9. The number of aromatic amines is 1. The molecule has 0 radical (unpaired) electrons. The Hall–Kier alpha value is -2.37. The van der Waals surface area contributed by atoms with Crippen LogP contribution in [0.3, 0.4) is 0 Å². The van der Waals surface area contributed by atoms with Crippen LogP contribution in [0.2, 0.25) is 0 Å². The van der Waals surface area contributed by atoms with Crippen molar-refractivity contribution in [3.8, 4) is 0 Å². The topological polar surface area (TPSA) is 92.2 Å². The second-order valence-electron chi connectivity index (χ2n) is 5.48. The van der Waals surface area contributed by atoms with Gasteiger partial charge in [0.2, 0.25) is 0 Å². The summed E-state index contributed by atoms with van der Waals surface area (Å²) in [5, 5.41) is 8.99. The van der Waals surface area contributed by atoms with Gasteiger partial charge in [-0.15, -0.1) is 0 Å². The summed E-state index contributed by atoms with van der Waals surface area (Å²) in [6.45, 7) is 1.95. The van der Waals surface area contributed by atoms with Crippen molar-refractivity contribution in [3.63, 3.8) is 0 Å². The highest BCUT2D eigenvalue weighted by Crippen LogP contribution is 2.38. The van der Waals surface area contributed by atoms with Crippen LogP contribution in [-0.2, 0) is 5.54 Å². The van der Waals surface area contributed by atoms with Crippen molar-refractivity contribution >= 4 is 17.0 Å². The molecule has 3 rings (SSSR count). The van der Waals surface area contributed by atoms with Crippen molar-refractivity contribution in [1.29, 1.82) is 0 Å². The molecule has 1 aliphatic carbocycles. The first-order valence-corrected chi connectivity index (χ1v) is 6.45. The van der Waals surface area contributed by atoms with Crippen molar-refractivity contribution in [2.45, 2.75) is 31.7 Å². The lowest BCUT2D eigenvalue weighted by Gasteiger charge is -2.40. The SMILES string of the molecule is CC1(n2c(=O)c(=O)[nH]c3cc(C(=O)O)ccc32)CCC1. The molecule has 1 aliphatic rings. The molecule has 1 aromatic carbocycles. The maximum absolute atomic E-state index is 12.1. The Kier molecular flexibility index (Phi) is 2.57. The lowest BCUT2D eigenvalue weighted by atomic mass is 9.78. The molecule has 1 aromatic heterocycles. The smallest absolute Gasteiger partial charge is 0.335 e. The first-order chi connectivity index (χ1) is 9.42. The van der Waals surface area contributed by atoms with Crippen molar-refractivity contribution in [1.82, 2.24) is 9.55 Å². The zero-order valence-electron chi connectivity index (χ0n) is 11.0. The summed E-state index contributed by atoms with van der Waals surface area (Å²) in [5.74, 6) is -1.07. The average Bonchev–Trinajstić information content (AvgIpc) is 2.37. The molecule has 104 valence electrons. The number of carboxylic acid groups (broad SMARTS) is 1. The molecule has 1 saturated carbocycles. The van der Waals surface area contributed by atoms with Gasteiger partial charge in [-0.25, -0.2) is 4.79 Å². The number of rotatable bonds is 2. The number of hydrogen-bond acceptors (Lipinski definition) is 3. The average molecular weight is 274 g/mol. The molecule has 0 saturated heterocycles. The van der Waals surface area contributed by atoms with E-state index in [0.717, 1.165) is 19.3 Å². The monoisotopic (exact) mass is 274 g/mol. The zero-order chi connectivity index (χ0) is 14.5. The van der Waals surface area contributed by atoms with Gasteiger partial charge in [0, 0.05) is 5.54 Å². The Bertz CT molecular complexity index is 827. The van der Waals surface area contributed by atoms with Gasteiger partial charge in [-0.2, -0.15) is 0 Å². The third kappa shape index (κ3) is 1.68. The van der Waals surface area contributed by atoms with Crippen LogP contribution in [0.1, 0.15) is 36.5 Å². The van der Waals surface area contributed by atoms with E-state index in [1.165, 1.54) is 16.7 Å². The number of carbonyl (C=O) groups is 1. The van der Waals surface area contributed by atoms with Crippen LogP contribution in [0.15, 0.2) is 27.8 Å². The Morgan fingerprint density at radius 2 is 2.05 bits per heavy atom. The second kappa shape index (κ2) is 4.06. The number of benzene rings is 1. The van der Waals surface area contributed by atoms with Crippen LogP contribution in [0.5, 0.6) is 0 Å². The highest BCUT2D eigenvalue weighted by molar-refractivity contribution is 5.92. The quantitative estimate of drug-likeness (QED) is 0.807. The lowest BCUT2D eigenvalue weighted by molar-refractivity contribution is 0.0697. The summed E-state index contributed by atoms with van der Waals surface area (Å²) in [4.78, 5) is 37.4.